The van der Waals surface area contributed by atoms with Crippen molar-refractivity contribution in [3.8, 4) is 40.1 Å². The van der Waals surface area contributed by atoms with Crippen LogP contribution in [-0.4, -0.2) is 109 Å². The topological polar surface area (TPSA) is 238 Å². The van der Waals surface area contributed by atoms with E-state index in [0.29, 0.717) is 0 Å². The van der Waals surface area contributed by atoms with Gasteiger partial charge in [0, 0.05) is 17.7 Å². The van der Waals surface area contributed by atoms with E-state index in [0.717, 1.165) is 6.07 Å². The third kappa shape index (κ3) is 5.57. The van der Waals surface area contributed by atoms with Crippen LogP contribution in [0.3, 0.4) is 0 Å². The summed E-state index contributed by atoms with van der Waals surface area (Å²) in [7, 11) is 1.30. The number of hydrogen-bond donors (Lipinski definition) is 8. The Balaban J connectivity index is 1.62. The molecule has 3 aromatic rings. The zero-order chi connectivity index (χ0) is 31.3. The maximum Gasteiger partial charge on any atom is 0.239 e. The summed E-state index contributed by atoms with van der Waals surface area (Å²) in [4.78, 5) is 13.8. The third-order valence-electron chi connectivity index (χ3n) is 7.45. The maximum absolute atomic E-state index is 13.8. The van der Waals surface area contributed by atoms with Crippen molar-refractivity contribution in [3.05, 3.63) is 40.6 Å². The molecule has 43 heavy (non-hydrogen) atoms. The summed E-state index contributed by atoms with van der Waals surface area (Å²) in [6.45, 7) is 2.88. The van der Waals surface area contributed by atoms with Crippen LogP contribution in [0, 0.1) is 0 Å². The predicted octanol–water partition coefficient (Wildman–Crippen LogP) is -0.708. The fourth-order valence-electron chi connectivity index (χ4n) is 4.91. The molecule has 0 amide bonds. The van der Waals surface area contributed by atoms with Crippen LogP contribution < -0.4 is 19.6 Å². The van der Waals surface area contributed by atoms with Crippen LogP contribution in [0.2, 0.25) is 0 Å². The standard InChI is InChI=1S/C28H32O15/c1-9-18(31)21(34)23(36)27(39-9)41-12-7-14(30)17-16(8-12)42-25(11-4-5-13(29)15(6-11)38-3)26(20(17)33)43-28-24(37)22(35)19(32)10(2)40-28/h4-10,18-19,21-24,27-32,34-37H,1-3H3/t9-,10-,18-,19-,21+,22+,23+,24+,27?,28?/m1/s1. The number of phenols is 2. The van der Waals surface area contributed by atoms with E-state index in [-0.39, 0.29) is 39.5 Å². The van der Waals surface area contributed by atoms with E-state index in [9.17, 15) is 45.6 Å². The first kappa shape index (κ1) is 30.8. The van der Waals surface area contributed by atoms with E-state index in [1.165, 1.54) is 45.2 Å². The molecule has 2 saturated heterocycles. The summed E-state index contributed by atoms with van der Waals surface area (Å²) >= 11 is 0. The van der Waals surface area contributed by atoms with Gasteiger partial charge in [-0.2, -0.15) is 0 Å². The molecular formula is C28H32O15. The van der Waals surface area contributed by atoms with Crippen molar-refractivity contribution in [2.75, 3.05) is 7.11 Å². The summed E-state index contributed by atoms with van der Waals surface area (Å²) < 4.78 is 33.5. The Bertz CT molecular complexity index is 1540. The molecule has 0 aliphatic carbocycles. The predicted molar refractivity (Wildman–Crippen MR) is 144 cm³/mol. The van der Waals surface area contributed by atoms with Crippen LogP contribution >= 0.6 is 0 Å². The molecular weight excluding hydrogens is 576 g/mol. The van der Waals surface area contributed by atoms with E-state index in [4.69, 9.17) is 28.1 Å². The van der Waals surface area contributed by atoms with Crippen molar-refractivity contribution in [2.24, 2.45) is 0 Å². The van der Waals surface area contributed by atoms with E-state index in [2.05, 4.69) is 0 Å². The lowest BCUT2D eigenvalue weighted by molar-refractivity contribution is -0.268. The highest BCUT2D eigenvalue weighted by Gasteiger charge is 2.45. The van der Waals surface area contributed by atoms with Gasteiger partial charge in [0.05, 0.1) is 19.3 Å². The molecule has 2 unspecified atom stereocenters. The second kappa shape index (κ2) is 11.8. The second-order valence-electron chi connectivity index (χ2n) is 10.4. The summed E-state index contributed by atoms with van der Waals surface area (Å²) in [5, 5.41) is 81.8. The number of rotatable bonds is 6. The Kier molecular flexibility index (Phi) is 8.43. The molecule has 3 heterocycles. The molecule has 2 aliphatic rings. The molecule has 0 bridgehead atoms. The molecule has 234 valence electrons. The van der Waals surface area contributed by atoms with Crippen molar-refractivity contribution in [2.45, 2.75) is 75.3 Å². The van der Waals surface area contributed by atoms with Crippen LogP contribution in [0.4, 0.5) is 0 Å². The van der Waals surface area contributed by atoms with Crippen molar-refractivity contribution < 1.29 is 69.0 Å². The normalized spacial score (nSPS) is 32.9. The Morgan fingerprint density at radius 3 is 1.88 bits per heavy atom. The first-order valence-corrected chi connectivity index (χ1v) is 13.3. The third-order valence-corrected chi connectivity index (χ3v) is 7.45. The number of aliphatic hydroxyl groups is 6. The van der Waals surface area contributed by atoms with Crippen LogP contribution in [0.25, 0.3) is 22.3 Å². The van der Waals surface area contributed by atoms with Crippen molar-refractivity contribution in [1.82, 2.24) is 0 Å². The minimum Gasteiger partial charge on any atom is -0.507 e. The van der Waals surface area contributed by atoms with Crippen molar-refractivity contribution in [3.63, 3.8) is 0 Å². The van der Waals surface area contributed by atoms with Crippen LogP contribution in [0.1, 0.15) is 13.8 Å². The number of ether oxygens (including phenoxy) is 5. The molecule has 2 aliphatic heterocycles. The van der Waals surface area contributed by atoms with Gasteiger partial charge in [0.2, 0.25) is 23.8 Å². The molecule has 8 N–H and O–H groups in total. The van der Waals surface area contributed by atoms with Gasteiger partial charge in [-0.15, -0.1) is 0 Å². The Morgan fingerprint density at radius 1 is 0.721 bits per heavy atom. The average Bonchev–Trinajstić information content (AvgIpc) is 2.97. The van der Waals surface area contributed by atoms with E-state index < -0.39 is 78.3 Å². The van der Waals surface area contributed by atoms with Crippen LogP contribution in [0.15, 0.2) is 39.5 Å². The fourth-order valence-corrected chi connectivity index (χ4v) is 4.91. The molecule has 2 aromatic carbocycles. The molecule has 5 rings (SSSR count). The summed E-state index contributed by atoms with van der Waals surface area (Å²) in [6, 6.07) is 6.18. The van der Waals surface area contributed by atoms with Gasteiger partial charge in [-0.1, -0.05) is 0 Å². The van der Waals surface area contributed by atoms with Gasteiger partial charge in [-0.3, -0.25) is 4.79 Å². The number of fused-ring (bicyclic) bond motifs is 1. The molecule has 15 nitrogen and oxygen atoms in total. The van der Waals surface area contributed by atoms with Gasteiger partial charge in [-0.25, -0.2) is 0 Å². The van der Waals surface area contributed by atoms with Gasteiger partial charge in [0.25, 0.3) is 0 Å². The monoisotopic (exact) mass is 608 g/mol. The minimum atomic E-state index is -1.79. The highest BCUT2D eigenvalue weighted by molar-refractivity contribution is 5.88. The molecule has 10 atom stereocenters. The molecule has 2 fully saturated rings. The number of hydrogen-bond acceptors (Lipinski definition) is 15. The summed E-state index contributed by atoms with van der Waals surface area (Å²) in [6.07, 6.45) is -14.5. The van der Waals surface area contributed by atoms with Gasteiger partial charge < -0.3 is 69.0 Å². The van der Waals surface area contributed by atoms with Crippen LogP contribution in [0.5, 0.6) is 28.7 Å². The number of aliphatic hydroxyl groups excluding tert-OH is 6. The summed E-state index contributed by atoms with van der Waals surface area (Å²) in [5.74, 6) is -1.83. The van der Waals surface area contributed by atoms with Gasteiger partial charge in [-0.05, 0) is 32.0 Å². The minimum absolute atomic E-state index is 0.00513. The van der Waals surface area contributed by atoms with Crippen molar-refractivity contribution >= 4 is 11.0 Å². The highest BCUT2D eigenvalue weighted by atomic mass is 16.7. The fraction of sp³-hybridized carbons (Fsp3) is 0.464. The molecule has 0 spiro atoms. The first-order chi connectivity index (χ1) is 20.3. The Hall–Kier alpha value is -3.67. The SMILES string of the molecule is COc1cc(-c2oc3cc(OC4O[C@H](C)[C@@H](O)[C@H](O)[C@@H]4O)cc(O)c3c(=O)c2OC2O[C@H](C)[C@@H](O)[C@H](O)[C@@H]2O)ccc1O. The molecule has 1 aromatic heterocycles. The smallest absolute Gasteiger partial charge is 0.239 e. The highest BCUT2D eigenvalue weighted by Crippen LogP contribution is 2.40. The lowest BCUT2D eigenvalue weighted by Crippen LogP contribution is -2.58. The lowest BCUT2D eigenvalue weighted by Gasteiger charge is -2.39. The van der Waals surface area contributed by atoms with E-state index >= 15 is 0 Å². The van der Waals surface area contributed by atoms with Gasteiger partial charge >= 0.3 is 0 Å². The number of methoxy groups -OCH3 is 1. The van der Waals surface area contributed by atoms with E-state index in [1.54, 1.807) is 0 Å². The van der Waals surface area contributed by atoms with Gasteiger partial charge in [0.1, 0.15) is 59.1 Å². The number of benzene rings is 2. The van der Waals surface area contributed by atoms with Crippen molar-refractivity contribution in [1.29, 1.82) is 0 Å². The zero-order valence-electron chi connectivity index (χ0n) is 23.1. The summed E-state index contributed by atoms with van der Waals surface area (Å²) in [5.41, 5.74) is -1.02. The van der Waals surface area contributed by atoms with E-state index in [1.807, 2.05) is 0 Å². The molecule has 0 radical (unpaired) electrons. The first-order valence-electron chi connectivity index (χ1n) is 13.3. The Labute approximate surface area is 243 Å². The second-order valence-corrected chi connectivity index (χ2v) is 10.4. The van der Waals surface area contributed by atoms with Crippen LogP contribution in [-0.2, 0) is 9.47 Å². The zero-order valence-corrected chi connectivity index (χ0v) is 23.1. The van der Waals surface area contributed by atoms with Gasteiger partial charge in [0.15, 0.2) is 17.3 Å². The number of phenolic OH excluding ortho intramolecular Hbond substituents is 2. The quantitative estimate of drug-likeness (QED) is 0.173. The lowest BCUT2D eigenvalue weighted by atomic mass is 10.00. The number of aromatic hydroxyl groups is 2. The largest absolute Gasteiger partial charge is 0.507 e. The average molecular weight is 609 g/mol. The molecule has 0 saturated carbocycles. The molecule has 15 heteroatoms. The maximum atomic E-state index is 13.8. The Morgan fingerprint density at radius 2 is 1.30 bits per heavy atom.